The van der Waals surface area contributed by atoms with Gasteiger partial charge in [0, 0.05) is 17.1 Å². The highest BCUT2D eigenvalue weighted by Gasteiger charge is 2.32. The Morgan fingerprint density at radius 1 is 0.943 bits per heavy atom. The zero-order valence-corrected chi connectivity index (χ0v) is 21.7. The Kier molecular flexibility index (Phi) is 8.33. The minimum atomic E-state index is -0.104. The second kappa shape index (κ2) is 11.6. The van der Waals surface area contributed by atoms with E-state index < -0.39 is 0 Å². The molecule has 3 aromatic rings. The molecule has 4 rings (SSSR count). The molecule has 1 saturated heterocycles. The molecule has 0 saturated carbocycles. The molecular weight excluding hydrogens is 502 g/mol. The van der Waals surface area contributed by atoms with Gasteiger partial charge in [0.2, 0.25) is 0 Å². The lowest BCUT2D eigenvalue weighted by Crippen LogP contribution is -2.30. The predicted molar refractivity (Wildman–Crippen MR) is 145 cm³/mol. The van der Waals surface area contributed by atoms with Gasteiger partial charge in [-0.2, -0.15) is 0 Å². The Bertz CT molecular complexity index is 1260. The molecule has 0 spiro atoms. The summed E-state index contributed by atoms with van der Waals surface area (Å²) in [4.78, 5) is 15.4. The van der Waals surface area contributed by atoms with Crippen LogP contribution in [0.2, 0.25) is 5.02 Å². The molecule has 0 N–H and O–H groups in total. The number of methoxy groups -OCH3 is 2. The molecule has 8 heteroatoms. The minimum absolute atomic E-state index is 0.104. The van der Waals surface area contributed by atoms with Gasteiger partial charge < -0.3 is 14.2 Å². The second-order valence-corrected chi connectivity index (χ2v) is 9.84. The smallest absolute Gasteiger partial charge is 0.266 e. The molecule has 1 fully saturated rings. The summed E-state index contributed by atoms with van der Waals surface area (Å²) in [5, 5.41) is 0.683. The van der Waals surface area contributed by atoms with Gasteiger partial charge in [-0.05, 0) is 54.0 Å². The van der Waals surface area contributed by atoms with Gasteiger partial charge in [-0.3, -0.25) is 9.69 Å². The summed E-state index contributed by atoms with van der Waals surface area (Å²) in [6.45, 7) is 0.876. The molecular formula is C27H24ClNO4S2. The van der Waals surface area contributed by atoms with Gasteiger partial charge in [-0.25, -0.2) is 0 Å². The van der Waals surface area contributed by atoms with E-state index in [1.807, 2.05) is 72.8 Å². The number of nitrogens with zero attached hydrogens (tertiary/aromatic N) is 1. The Morgan fingerprint density at radius 3 is 2.40 bits per heavy atom. The van der Waals surface area contributed by atoms with Gasteiger partial charge in [-0.15, -0.1) is 0 Å². The first kappa shape index (κ1) is 25.1. The highest BCUT2D eigenvalue weighted by molar-refractivity contribution is 8.26. The van der Waals surface area contributed by atoms with Crippen molar-refractivity contribution in [1.29, 1.82) is 0 Å². The van der Waals surface area contributed by atoms with Crippen LogP contribution in [-0.2, 0) is 17.8 Å². The van der Waals surface area contributed by atoms with E-state index in [2.05, 4.69) is 0 Å². The third-order valence-corrected chi connectivity index (χ3v) is 7.09. The quantitative estimate of drug-likeness (QED) is 0.238. The maximum atomic E-state index is 13.1. The number of halogens is 1. The van der Waals surface area contributed by atoms with Gasteiger partial charge in [0.15, 0.2) is 11.5 Å². The fraction of sp³-hybridized carbons (Fsp3) is 0.185. The Morgan fingerprint density at radius 2 is 1.66 bits per heavy atom. The first-order chi connectivity index (χ1) is 17.0. The molecule has 0 bridgehead atoms. The molecule has 1 heterocycles. The first-order valence-electron chi connectivity index (χ1n) is 10.9. The normalized spacial score (nSPS) is 14.5. The molecule has 3 aromatic carbocycles. The Labute approximate surface area is 219 Å². The number of carbonyl (C=O) groups excluding carboxylic acids is 1. The van der Waals surface area contributed by atoms with Gasteiger partial charge >= 0.3 is 0 Å². The zero-order chi connectivity index (χ0) is 24.8. The summed E-state index contributed by atoms with van der Waals surface area (Å²) in [6.07, 6.45) is 2.48. The summed E-state index contributed by atoms with van der Waals surface area (Å²) in [6, 6.07) is 20.9. The van der Waals surface area contributed by atoms with Gasteiger partial charge in [0.05, 0.1) is 19.1 Å². The van der Waals surface area contributed by atoms with E-state index in [0.717, 1.165) is 16.7 Å². The number of rotatable bonds is 9. The van der Waals surface area contributed by atoms with Crippen LogP contribution in [0.4, 0.5) is 0 Å². The number of carbonyl (C=O) groups is 1. The van der Waals surface area contributed by atoms with Gasteiger partial charge in [-0.1, -0.05) is 72.0 Å². The molecule has 180 valence electrons. The SMILES string of the molecule is COc1ccc(CCN2C(=O)/C(=C/c3ccccc3OCc3ccc(Cl)cc3)SC2=S)cc1OC. The Balaban J connectivity index is 1.44. The monoisotopic (exact) mass is 525 g/mol. The lowest BCUT2D eigenvalue weighted by molar-refractivity contribution is -0.122. The van der Waals surface area contributed by atoms with Crippen molar-refractivity contribution in [3.63, 3.8) is 0 Å². The molecule has 1 aliphatic heterocycles. The van der Waals surface area contributed by atoms with E-state index >= 15 is 0 Å². The highest BCUT2D eigenvalue weighted by atomic mass is 35.5. The molecule has 1 aliphatic rings. The largest absolute Gasteiger partial charge is 0.493 e. The van der Waals surface area contributed by atoms with Crippen molar-refractivity contribution in [3.8, 4) is 17.2 Å². The van der Waals surface area contributed by atoms with Crippen molar-refractivity contribution in [2.45, 2.75) is 13.0 Å². The molecule has 0 unspecified atom stereocenters. The maximum Gasteiger partial charge on any atom is 0.266 e. The van der Waals surface area contributed by atoms with Crippen LogP contribution in [0, 0.1) is 0 Å². The topological polar surface area (TPSA) is 48.0 Å². The van der Waals surface area contributed by atoms with Crippen LogP contribution >= 0.6 is 35.6 Å². The first-order valence-corrected chi connectivity index (χ1v) is 12.5. The number of thioether (sulfide) groups is 1. The van der Waals surface area contributed by atoms with E-state index in [0.29, 0.717) is 51.1 Å². The summed E-state index contributed by atoms with van der Waals surface area (Å²) in [5.41, 5.74) is 2.86. The van der Waals surface area contributed by atoms with Crippen LogP contribution in [0.3, 0.4) is 0 Å². The fourth-order valence-corrected chi connectivity index (χ4v) is 5.01. The van der Waals surface area contributed by atoms with Crippen molar-refractivity contribution < 1.29 is 19.0 Å². The molecule has 35 heavy (non-hydrogen) atoms. The minimum Gasteiger partial charge on any atom is -0.493 e. The van der Waals surface area contributed by atoms with Crippen LogP contribution in [0.5, 0.6) is 17.2 Å². The van der Waals surface area contributed by atoms with Crippen LogP contribution in [-0.4, -0.2) is 35.9 Å². The summed E-state index contributed by atoms with van der Waals surface area (Å²) < 4.78 is 17.2. The van der Waals surface area contributed by atoms with Crippen molar-refractivity contribution in [2.75, 3.05) is 20.8 Å². The zero-order valence-electron chi connectivity index (χ0n) is 19.3. The molecule has 0 aliphatic carbocycles. The maximum absolute atomic E-state index is 13.1. The van der Waals surface area contributed by atoms with Crippen molar-refractivity contribution in [3.05, 3.63) is 93.3 Å². The number of benzene rings is 3. The Hall–Kier alpha value is -3.00. The second-order valence-electron chi connectivity index (χ2n) is 7.73. The van der Waals surface area contributed by atoms with Crippen LogP contribution in [0.15, 0.2) is 71.6 Å². The van der Waals surface area contributed by atoms with E-state index in [4.69, 9.17) is 38.0 Å². The lowest BCUT2D eigenvalue weighted by atomic mass is 10.1. The summed E-state index contributed by atoms with van der Waals surface area (Å²) in [5.74, 6) is 1.92. The van der Waals surface area contributed by atoms with E-state index in [1.54, 1.807) is 19.1 Å². The number of amides is 1. The van der Waals surface area contributed by atoms with Crippen molar-refractivity contribution in [1.82, 2.24) is 4.90 Å². The molecule has 0 radical (unpaired) electrons. The third-order valence-electron chi connectivity index (χ3n) is 5.46. The molecule has 5 nitrogen and oxygen atoms in total. The van der Waals surface area contributed by atoms with Crippen LogP contribution < -0.4 is 14.2 Å². The number of hydrogen-bond donors (Lipinski definition) is 0. The van der Waals surface area contributed by atoms with Crippen molar-refractivity contribution >= 4 is 51.9 Å². The average molecular weight is 526 g/mol. The standard InChI is InChI=1S/C27H24ClNO4S2/c1-31-23-12-9-18(15-24(23)32-2)13-14-29-26(30)25(35-27(29)34)16-20-5-3-4-6-22(20)33-17-19-7-10-21(28)11-8-19/h3-12,15-16H,13-14,17H2,1-2H3/b25-16-. The number of thiocarbonyl (C=S) groups is 1. The summed E-state index contributed by atoms with van der Waals surface area (Å²) in [7, 11) is 3.20. The van der Waals surface area contributed by atoms with Crippen LogP contribution in [0.25, 0.3) is 6.08 Å². The van der Waals surface area contributed by atoms with Crippen LogP contribution in [0.1, 0.15) is 16.7 Å². The molecule has 0 atom stereocenters. The number of hydrogen-bond acceptors (Lipinski definition) is 6. The molecule has 1 amide bonds. The molecule has 0 aromatic heterocycles. The predicted octanol–water partition coefficient (Wildman–Crippen LogP) is 6.38. The highest BCUT2D eigenvalue weighted by Crippen LogP contribution is 2.35. The lowest BCUT2D eigenvalue weighted by Gasteiger charge is -2.15. The van der Waals surface area contributed by atoms with E-state index in [1.165, 1.54) is 11.8 Å². The third kappa shape index (κ3) is 6.17. The fourth-order valence-electron chi connectivity index (χ4n) is 3.58. The van der Waals surface area contributed by atoms with Gasteiger partial charge in [0.25, 0.3) is 5.91 Å². The number of para-hydroxylation sites is 1. The summed E-state index contributed by atoms with van der Waals surface area (Å²) >= 11 is 12.8. The van der Waals surface area contributed by atoms with Crippen molar-refractivity contribution in [2.24, 2.45) is 0 Å². The van der Waals surface area contributed by atoms with Gasteiger partial charge in [0.1, 0.15) is 16.7 Å². The average Bonchev–Trinajstić information content (AvgIpc) is 3.14. The van der Waals surface area contributed by atoms with E-state index in [-0.39, 0.29) is 5.91 Å². The van der Waals surface area contributed by atoms with E-state index in [9.17, 15) is 4.79 Å². The number of ether oxygens (including phenoxy) is 3.